The molecule has 0 saturated carbocycles. The number of nitrogens with one attached hydrogen (secondary N) is 1. The summed E-state index contributed by atoms with van der Waals surface area (Å²) < 4.78 is 3.71. The van der Waals surface area contributed by atoms with Crippen LogP contribution in [0.5, 0.6) is 0 Å². The van der Waals surface area contributed by atoms with Gasteiger partial charge in [-0.25, -0.2) is 0 Å². The van der Waals surface area contributed by atoms with Crippen LogP contribution in [0, 0.1) is 5.41 Å². The fraction of sp³-hybridized carbons (Fsp3) is 0.300. The Morgan fingerprint density at radius 1 is 1.04 bits per heavy atom. The number of hydrogen-bond donors (Lipinski definition) is 1. The zero-order valence-corrected chi connectivity index (χ0v) is 16.9. The third-order valence-electron chi connectivity index (χ3n) is 4.51. The SMILES string of the molecule is CN(C)CCCn1c(=N)n(CC(=O)c2ccc(Cl)c(Cl)c2)c2ccccc21. The van der Waals surface area contributed by atoms with E-state index in [1.165, 1.54) is 0 Å². The molecule has 0 aliphatic heterocycles. The molecule has 1 N–H and O–H groups in total. The van der Waals surface area contributed by atoms with Crippen LogP contribution in [-0.2, 0) is 13.1 Å². The largest absolute Gasteiger partial charge is 0.310 e. The Hall–Kier alpha value is -2.08. The monoisotopic (exact) mass is 404 g/mol. The number of carbonyl (C=O) groups is 1. The highest BCUT2D eigenvalue weighted by atomic mass is 35.5. The molecule has 0 aliphatic rings. The maximum Gasteiger partial charge on any atom is 0.203 e. The topological polar surface area (TPSA) is 54.0 Å². The summed E-state index contributed by atoms with van der Waals surface area (Å²) in [4.78, 5) is 14.9. The molecular weight excluding hydrogens is 383 g/mol. The molecule has 0 spiro atoms. The van der Waals surface area contributed by atoms with E-state index in [4.69, 9.17) is 28.6 Å². The molecule has 27 heavy (non-hydrogen) atoms. The van der Waals surface area contributed by atoms with E-state index in [0.29, 0.717) is 21.2 Å². The average Bonchev–Trinajstić information content (AvgIpc) is 2.89. The second-order valence-corrected chi connectivity index (χ2v) is 7.57. The number of halogens is 2. The lowest BCUT2D eigenvalue weighted by Crippen LogP contribution is -2.28. The Labute approximate surface area is 168 Å². The smallest absolute Gasteiger partial charge is 0.203 e. The van der Waals surface area contributed by atoms with Gasteiger partial charge in [-0.05, 0) is 57.4 Å². The number of rotatable bonds is 7. The third kappa shape index (κ3) is 4.26. The second-order valence-electron chi connectivity index (χ2n) is 6.76. The fourth-order valence-electron chi connectivity index (χ4n) is 3.13. The van der Waals surface area contributed by atoms with E-state index in [2.05, 4.69) is 4.90 Å². The molecule has 0 radical (unpaired) electrons. The predicted octanol–water partition coefficient (Wildman–Crippen LogP) is 4.06. The lowest BCUT2D eigenvalue weighted by atomic mass is 10.1. The van der Waals surface area contributed by atoms with E-state index in [1.54, 1.807) is 22.8 Å². The number of carbonyl (C=O) groups excluding carboxylic acids is 1. The summed E-state index contributed by atoms with van der Waals surface area (Å²) in [7, 11) is 4.07. The van der Waals surface area contributed by atoms with E-state index < -0.39 is 0 Å². The number of benzene rings is 2. The molecule has 0 saturated heterocycles. The molecule has 0 aliphatic carbocycles. The first-order chi connectivity index (χ1) is 12.9. The molecule has 1 aromatic heterocycles. The first kappa shape index (κ1) is 19.7. The van der Waals surface area contributed by atoms with Crippen LogP contribution in [0.15, 0.2) is 42.5 Å². The molecule has 2 aromatic carbocycles. The Bertz CT molecular complexity index is 1040. The summed E-state index contributed by atoms with van der Waals surface area (Å²) >= 11 is 12.0. The van der Waals surface area contributed by atoms with Crippen molar-refractivity contribution in [2.45, 2.75) is 19.5 Å². The van der Waals surface area contributed by atoms with E-state index in [0.717, 1.165) is 30.5 Å². The van der Waals surface area contributed by atoms with Crippen LogP contribution < -0.4 is 5.62 Å². The number of Topliss-reactive ketones (excluding diaryl/α,β-unsaturated/α-hetero) is 1. The number of aromatic nitrogens is 2. The standard InChI is InChI=1S/C20H22Cl2N4O/c1-24(2)10-5-11-25-17-6-3-4-7-18(17)26(20(25)23)13-19(27)14-8-9-15(21)16(22)12-14/h3-4,6-9,12,23H,5,10-11,13H2,1-2H3. The van der Waals surface area contributed by atoms with Crippen molar-refractivity contribution in [3.8, 4) is 0 Å². The molecule has 1 heterocycles. The summed E-state index contributed by atoms with van der Waals surface area (Å²) in [5.74, 6) is -0.108. The molecule has 7 heteroatoms. The first-order valence-electron chi connectivity index (χ1n) is 8.74. The Morgan fingerprint density at radius 2 is 1.70 bits per heavy atom. The van der Waals surface area contributed by atoms with E-state index >= 15 is 0 Å². The Balaban J connectivity index is 1.94. The molecule has 3 rings (SSSR count). The van der Waals surface area contributed by atoms with Crippen LogP contribution in [0.4, 0.5) is 0 Å². The van der Waals surface area contributed by atoms with Crippen LogP contribution in [-0.4, -0.2) is 40.5 Å². The first-order valence-corrected chi connectivity index (χ1v) is 9.49. The van der Waals surface area contributed by atoms with Crippen LogP contribution >= 0.6 is 23.2 Å². The van der Waals surface area contributed by atoms with Gasteiger partial charge in [0.1, 0.15) is 0 Å². The molecule has 0 bridgehead atoms. The van der Waals surface area contributed by atoms with Gasteiger partial charge in [0.2, 0.25) is 5.62 Å². The summed E-state index contributed by atoms with van der Waals surface area (Å²) in [6.45, 7) is 1.75. The highest BCUT2D eigenvalue weighted by molar-refractivity contribution is 6.42. The van der Waals surface area contributed by atoms with Gasteiger partial charge in [-0.15, -0.1) is 0 Å². The minimum absolute atomic E-state index is 0.0813. The van der Waals surface area contributed by atoms with Gasteiger partial charge in [0.25, 0.3) is 0 Å². The third-order valence-corrected chi connectivity index (χ3v) is 5.24. The van der Waals surface area contributed by atoms with Crippen LogP contribution in [0.25, 0.3) is 11.0 Å². The number of aryl methyl sites for hydroxylation is 1. The highest BCUT2D eigenvalue weighted by Gasteiger charge is 2.15. The van der Waals surface area contributed by atoms with Crippen LogP contribution in [0.1, 0.15) is 16.8 Å². The molecule has 0 atom stereocenters. The number of hydrogen-bond acceptors (Lipinski definition) is 3. The average molecular weight is 405 g/mol. The number of nitrogens with zero attached hydrogens (tertiary/aromatic N) is 3. The summed E-state index contributed by atoms with van der Waals surface area (Å²) in [6, 6.07) is 12.7. The number of ketones is 1. The van der Waals surface area contributed by atoms with Crippen LogP contribution in [0.2, 0.25) is 10.0 Å². The second kappa shape index (κ2) is 8.30. The predicted molar refractivity (Wildman–Crippen MR) is 110 cm³/mol. The number of imidazole rings is 1. The lowest BCUT2D eigenvalue weighted by Gasteiger charge is -2.10. The normalized spacial score (nSPS) is 11.4. The fourth-order valence-corrected chi connectivity index (χ4v) is 3.43. The highest BCUT2D eigenvalue weighted by Crippen LogP contribution is 2.23. The van der Waals surface area contributed by atoms with Crippen molar-refractivity contribution in [2.24, 2.45) is 0 Å². The maximum absolute atomic E-state index is 12.8. The van der Waals surface area contributed by atoms with Crippen molar-refractivity contribution in [1.82, 2.24) is 14.0 Å². The van der Waals surface area contributed by atoms with Crippen molar-refractivity contribution >= 4 is 40.0 Å². The van der Waals surface area contributed by atoms with Gasteiger partial charge < -0.3 is 14.0 Å². The van der Waals surface area contributed by atoms with Gasteiger partial charge in [0, 0.05) is 12.1 Å². The quantitative estimate of drug-likeness (QED) is 0.603. The minimum Gasteiger partial charge on any atom is -0.310 e. The van der Waals surface area contributed by atoms with Gasteiger partial charge in [-0.2, -0.15) is 0 Å². The van der Waals surface area contributed by atoms with Crippen molar-refractivity contribution < 1.29 is 4.79 Å². The van der Waals surface area contributed by atoms with Gasteiger partial charge in [0.15, 0.2) is 5.78 Å². The van der Waals surface area contributed by atoms with Gasteiger partial charge in [0.05, 0.1) is 27.6 Å². The molecule has 3 aromatic rings. The molecule has 0 unspecified atom stereocenters. The number of fused-ring (bicyclic) bond motifs is 1. The molecule has 0 amide bonds. The molecule has 0 fully saturated rings. The van der Waals surface area contributed by atoms with E-state index in [-0.39, 0.29) is 12.3 Å². The van der Waals surface area contributed by atoms with E-state index in [9.17, 15) is 4.79 Å². The van der Waals surface area contributed by atoms with Crippen LogP contribution in [0.3, 0.4) is 0 Å². The van der Waals surface area contributed by atoms with Crippen molar-refractivity contribution in [3.05, 3.63) is 63.7 Å². The van der Waals surface area contributed by atoms with E-state index in [1.807, 2.05) is 42.9 Å². The summed E-state index contributed by atoms with van der Waals surface area (Å²) in [5.41, 5.74) is 2.65. The Morgan fingerprint density at radius 3 is 2.33 bits per heavy atom. The van der Waals surface area contributed by atoms with Crippen molar-refractivity contribution in [1.29, 1.82) is 5.41 Å². The number of para-hydroxylation sites is 2. The zero-order valence-electron chi connectivity index (χ0n) is 15.4. The maximum atomic E-state index is 12.8. The summed E-state index contributed by atoms with van der Waals surface area (Å²) in [5, 5.41) is 9.37. The van der Waals surface area contributed by atoms with Gasteiger partial charge in [-0.1, -0.05) is 35.3 Å². The van der Waals surface area contributed by atoms with Gasteiger partial charge >= 0.3 is 0 Å². The molecule has 142 valence electrons. The lowest BCUT2D eigenvalue weighted by molar-refractivity contribution is 0.0971. The van der Waals surface area contributed by atoms with Crippen molar-refractivity contribution in [2.75, 3.05) is 20.6 Å². The molecular formula is C20H22Cl2N4O. The molecule has 5 nitrogen and oxygen atoms in total. The van der Waals surface area contributed by atoms with Crippen molar-refractivity contribution in [3.63, 3.8) is 0 Å². The Kier molecular flexibility index (Phi) is 6.05. The van der Waals surface area contributed by atoms with Gasteiger partial charge in [-0.3, -0.25) is 10.2 Å². The summed E-state index contributed by atoms with van der Waals surface area (Å²) in [6.07, 6.45) is 0.929. The zero-order chi connectivity index (χ0) is 19.6. The minimum atomic E-state index is -0.108.